The molecule has 0 atom stereocenters. The van der Waals surface area contributed by atoms with Crippen molar-refractivity contribution in [1.82, 2.24) is 0 Å². The predicted octanol–water partition coefficient (Wildman–Crippen LogP) is 5.46. The second-order valence-corrected chi connectivity index (χ2v) is 6.12. The minimum Gasteiger partial charge on any atom is -0.143 e. The second-order valence-electron chi connectivity index (χ2n) is 3.32. The van der Waals surface area contributed by atoms with Crippen molar-refractivity contribution in [3.05, 3.63) is 45.3 Å². The van der Waals surface area contributed by atoms with Crippen LogP contribution in [0.2, 0.25) is 0 Å². The van der Waals surface area contributed by atoms with Crippen molar-refractivity contribution in [1.29, 1.82) is 0 Å². The van der Waals surface area contributed by atoms with Crippen LogP contribution >= 0.6 is 57.1 Å². The van der Waals surface area contributed by atoms with E-state index in [1.165, 1.54) is 0 Å². The van der Waals surface area contributed by atoms with Gasteiger partial charge in [-0.25, -0.2) is 0 Å². The maximum absolute atomic E-state index is 4.47. The molecule has 0 saturated carbocycles. The molecule has 0 aliphatic rings. The second kappa shape index (κ2) is 5.17. The fourth-order valence-corrected chi connectivity index (χ4v) is 2.69. The number of hydrogen-bond donors (Lipinski definition) is 2. The van der Waals surface area contributed by atoms with Gasteiger partial charge in [0.2, 0.25) is 0 Å². The van der Waals surface area contributed by atoms with E-state index in [0.29, 0.717) is 0 Å². The Bertz CT molecular complexity index is 489. The largest absolute Gasteiger partial charge is 0.143 e. The van der Waals surface area contributed by atoms with Gasteiger partial charge in [0.15, 0.2) is 0 Å². The Morgan fingerprint density at radius 1 is 0.688 bits per heavy atom. The van der Waals surface area contributed by atoms with Gasteiger partial charge in [0.1, 0.15) is 0 Å². The molecule has 0 heterocycles. The van der Waals surface area contributed by atoms with Crippen LogP contribution in [0.3, 0.4) is 0 Å². The summed E-state index contributed by atoms with van der Waals surface area (Å²) in [5, 5.41) is 0. The number of rotatable bonds is 1. The molecule has 0 amide bonds. The lowest BCUT2D eigenvalue weighted by molar-refractivity contribution is 1.37. The summed E-state index contributed by atoms with van der Waals surface area (Å²) in [6.07, 6.45) is 0. The molecule has 0 nitrogen and oxygen atoms in total. The van der Waals surface area contributed by atoms with Crippen molar-refractivity contribution < 1.29 is 0 Å². The quantitative estimate of drug-likeness (QED) is 0.607. The summed E-state index contributed by atoms with van der Waals surface area (Å²) in [6.45, 7) is 0. The lowest BCUT2D eigenvalue weighted by atomic mass is 10.1. The van der Waals surface area contributed by atoms with Gasteiger partial charge < -0.3 is 0 Å². The van der Waals surface area contributed by atoms with E-state index < -0.39 is 0 Å². The highest BCUT2D eigenvalue weighted by atomic mass is 79.9. The third kappa shape index (κ3) is 2.67. The highest BCUT2D eigenvalue weighted by molar-refractivity contribution is 9.10. The molecule has 0 N–H and O–H groups in total. The smallest absolute Gasteiger partial charge is 0.0182 e. The molecule has 16 heavy (non-hydrogen) atoms. The standard InChI is InChI=1S/C12H8Br2S2/c13-7-1-3-11(15)9(5-7)10-6-8(14)2-4-12(10)16/h1-6,15-16H. The van der Waals surface area contributed by atoms with Gasteiger partial charge in [-0.2, -0.15) is 0 Å². The van der Waals surface area contributed by atoms with Gasteiger partial charge in [0.25, 0.3) is 0 Å². The molecule has 2 rings (SSSR count). The van der Waals surface area contributed by atoms with Crippen molar-refractivity contribution in [2.45, 2.75) is 9.79 Å². The molecule has 0 fully saturated rings. The Balaban J connectivity index is 2.66. The summed E-state index contributed by atoms with van der Waals surface area (Å²) in [4.78, 5) is 1.88. The van der Waals surface area contributed by atoms with Crippen LogP contribution < -0.4 is 0 Å². The first-order chi connectivity index (χ1) is 7.58. The molecule has 0 bridgehead atoms. The summed E-state index contributed by atoms with van der Waals surface area (Å²) in [5.74, 6) is 0. The van der Waals surface area contributed by atoms with Gasteiger partial charge in [0, 0.05) is 18.7 Å². The summed E-state index contributed by atoms with van der Waals surface area (Å²) >= 11 is 15.9. The highest BCUT2D eigenvalue weighted by Gasteiger charge is 2.07. The lowest BCUT2D eigenvalue weighted by Gasteiger charge is -2.09. The van der Waals surface area contributed by atoms with E-state index in [2.05, 4.69) is 57.1 Å². The Kier molecular flexibility index (Phi) is 4.06. The van der Waals surface area contributed by atoms with E-state index in [0.717, 1.165) is 29.9 Å². The molecule has 0 radical (unpaired) electrons. The molecule has 0 saturated heterocycles. The first-order valence-electron chi connectivity index (χ1n) is 4.55. The molecule has 2 aromatic carbocycles. The van der Waals surface area contributed by atoms with E-state index in [9.17, 15) is 0 Å². The topological polar surface area (TPSA) is 0 Å². The van der Waals surface area contributed by atoms with Crippen LogP contribution in [0.25, 0.3) is 11.1 Å². The number of halogens is 2. The van der Waals surface area contributed by atoms with E-state index in [1.807, 2.05) is 36.4 Å². The van der Waals surface area contributed by atoms with Gasteiger partial charge in [-0.3, -0.25) is 0 Å². The van der Waals surface area contributed by atoms with Crippen molar-refractivity contribution in [2.75, 3.05) is 0 Å². The zero-order valence-corrected chi connectivity index (χ0v) is 13.1. The van der Waals surface area contributed by atoms with Crippen LogP contribution in [-0.4, -0.2) is 0 Å². The van der Waals surface area contributed by atoms with Crippen molar-refractivity contribution in [3.8, 4) is 11.1 Å². The average molecular weight is 376 g/mol. The molecular weight excluding hydrogens is 368 g/mol. The molecule has 0 aromatic heterocycles. The summed E-state index contributed by atoms with van der Waals surface area (Å²) in [7, 11) is 0. The third-order valence-corrected chi connectivity index (χ3v) is 3.97. The summed E-state index contributed by atoms with van der Waals surface area (Å²) < 4.78 is 2.07. The van der Waals surface area contributed by atoms with Gasteiger partial charge in [-0.15, -0.1) is 25.3 Å². The van der Waals surface area contributed by atoms with Gasteiger partial charge >= 0.3 is 0 Å². The molecule has 82 valence electrons. The van der Waals surface area contributed by atoms with Crippen LogP contribution in [0.4, 0.5) is 0 Å². The van der Waals surface area contributed by atoms with E-state index in [-0.39, 0.29) is 0 Å². The Morgan fingerprint density at radius 2 is 1.06 bits per heavy atom. The minimum atomic E-state index is 0.941. The number of hydrogen-bond acceptors (Lipinski definition) is 2. The van der Waals surface area contributed by atoms with Gasteiger partial charge in [0.05, 0.1) is 0 Å². The van der Waals surface area contributed by atoms with Crippen LogP contribution in [0.1, 0.15) is 0 Å². The first kappa shape index (κ1) is 12.6. The van der Waals surface area contributed by atoms with Crippen LogP contribution in [-0.2, 0) is 0 Å². The fraction of sp³-hybridized carbons (Fsp3) is 0. The zero-order valence-electron chi connectivity index (χ0n) is 8.11. The van der Waals surface area contributed by atoms with Crippen molar-refractivity contribution in [2.24, 2.45) is 0 Å². The molecule has 0 spiro atoms. The molecule has 0 aliphatic heterocycles. The van der Waals surface area contributed by atoms with E-state index >= 15 is 0 Å². The Labute approximate surface area is 123 Å². The Hall–Kier alpha value is 0.1000. The number of benzene rings is 2. The summed E-state index contributed by atoms with van der Waals surface area (Å²) in [6, 6.07) is 12.0. The predicted molar refractivity (Wildman–Crippen MR) is 81.8 cm³/mol. The fourth-order valence-electron chi connectivity index (χ4n) is 1.45. The Morgan fingerprint density at radius 3 is 1.44 bits per heavy atom. The van der Waals surface area contributed by atoms with Gasteiger partial charge in [-0.1, -0.05) is 31.9 Å². The molecule has 0 unspecified atom stereocenters. The third-order valence-electron chi connectivity index (χ3n) is 2.21. The maximum Gasteiger partial charge on any atom is 0.0182 e. The highest BCUT2D eigenvalue weighted by Crippen LogP contribution is 2.35. The van der Waals surface area contributed by atoms with Crippen molar-refractivity contribution >= 4 is 57.1 Å². The molecule has 4 heteroatoms. The van der Waals surface area contributed by atoms with E-state index in [1.54, 1.807) is 0 Å². The molecule has 2 aromatic rings. The van der Waals surface area contributed by atoms with Crippen LogP contribution in [0, 0.1) is 0 Å². The SMILES string of the molecule is Sc1ccc(Br)cc1-c1cc(Br)ccc1S. The number of thiol groups is 2. The van der Waals surface area contributed by atoms with Crippen LogP contribution in [0.15, 0.2) is 55.1 Å². The van der Waals surface area contributed by atoms with Crippen LogP contribution in [0.5, 0.6) is 0 Å². The maximum atomic E-state index is 4.47. The molecule has 0 aliphatic carbocycles. The minimum absolute atomic E-state index is 0.941. The monoisotopic (exact) mass is 374 g/mol. The first-order valence-corrected chi connectivity index (χ1v) is 7.03. The van der Waals surface area contributed by atoms with E-state index in [4.69, 9.17) is 0 Å². The molecular formula is C12H8Br2S2. The van der Waals surface area contributed by atoms with Crippen molar-refractivity contribution in [3.63, 3.8) is 0 Å². The lowest BCUT2D eigenvalue weighted by Crippen LogP contribution is -1.83. The average Bonchev–Trinajstić information content (AvgIpc) is 2.25. The van der Waals surface area contributed by atoms with Gasteiger partial charge in [-0.05, 0) is 47.5 Å². The normalized spacial score (nSPS) is 10.5. The summed E-state index contributed by atoms with van der Waals surface area (Å²) in [5.41, 5.74) is 2.15. The zero-order chi connectivity index (χ0) is 11.7.